The number of halogens is 3. The number of rotatable bonds is 3. The molecule has 33 heavy (non-hydrogen) atoms. The standard InChI is InChI=1S/C19H19N5O2.C2HF3O2/c1-20-18(25)10-16-12-23(11-15-6-8-22-24(15)16)19(26)14-4-5-17-13(9-14)3-2-7-21-17;3-2(4,5)1(6)7/h2-9,16H,10-12H2,1H3,(H,20,25);(H,6,7). The molecule has 0 spiro atoms. The lowest BCUT2D eigenvalue weighted by Gasteiger charge is -2.33. The number of hydrogen-bond acceptors (Lipinski definition) is 5. The number of pyridine rings is 1. The summed E-state index contributed by atoms with van der Waals surface area (Å²) in [5, 5.41) is 15.0. The van der Waals surface area contributed by atoms with Crippen LogP contribution >= 0.6 is 0 Å². The van der Waals surface area contributed by atoms with Gasteiger partial charge in [0.05, 0.1) is 30.2 Å². The van der Waals surface area contributed by atoms with Crippen molar-refractivity contribution in [3.8, 4) is 0 Å². The lowest BCUT2D eigenvalue weighted by atomic mass is 10.1. The van der Waals surface area contributed by atoms with Gasteiger partial charge in [0.2, 0.25) is 5.91 Å². The average molecular weight is 463 g/mol. The van der Waals surface area contributed by atoms with E-state index in [1.54, 1.807) is 30.4 Å². The first-order chi connectivity index (χ1) is 15.6. The van der Waals surface area contributed by atoms with Crippen LogP contribution in [0, 0.1) is 0 Å². The van der Waals surface area contributed by atoms with Crippen molar-refractivity contribution in [2.45, 2.75) is 25.2 Å². The third-order valence-corrected chi connectivity index (χ3v) is 4.96. The maximum atomic E-state index is 13.1. The Bertz CT molecular complexity index is 1180. The molecule has 0 saturated heterocycles. The highest BCUT2D eigenvalue weighted by atomic mass is 19.4. The van der Waals surface area contributed by atoms with E-state index in [1.165, 1.54) is 0 Å². The second kappa shape index (κ2) is 9.67. The van der Waals surface area contributed by atoms with Crippen molar-refractivity contribution in [1.29, 1.82) is 0 Å². The largest absolute Gasteiger partial charge is 0.490 e. The number of amides is 2. The number of hydrogen-bond donors (Lipinski definition) is 2. The fourth-order valence-electron chi connectivity index (χ4n) is 3.40. The molecule has 3 heterocycles. The lowest BCUT2D eigenvalue weighted by molar-refractivity contribution is -0.192. The molecule has 0 saturated carbocycles. The summed E-state index contributed by atoms with van der Waals surface area (Å²) in [6, 6.07) is 11.1. The van der Waals surface area contributed by atoms with Gasteiger partial charge in [0.25, 0.3) is 5.91 Å². The molecule has 174 valence electrons. The number of aromatic nitrogens is 3. The third-order valence-electron chi connectivity index (χ3n) is 4.96. The number of carboxylic acid groups (broad SMARTS) is 1. The van der Waals surface area contributed by atoms with E-state index in [-0.39, 0.29) is 24.3 Å². The van der Waals surface area contributed by atoms with Crippen molar-refractivity contribution in [3.63, 3.8) is 0 Å². The fourth-order valence-corrected chi connectivity index (χ4v) is 3.40. The molecule has 3 aromatic rings. The molecule has 0 fully saturated rings. The molecule has 2 amide bonds. The maximum Gasteiger partial charge on any atom is 0.490 e. The number of nitrogens with zero attached hydrogens (tertiary/aromatic N) is 4. The average Bonchev–Trinajstić information content (AvgIpc) is 3.27. The van der Waals surface area contributed by atoms with Crippen LogP contribution in [0.3, 0.4) is 0 Å². The van der Waals surface area contributed by atoms with Crippen LogP contribution < -0.4 is 5.32 Å². The van der Waals surface area contributed by atoms with Crippen LogP contribution in [0.1, 0.15) is 28.5 Å². The molecule has 0 aliphatic carbocycles. The van der Waals surface area contributed by atoms with E-state index in [1.807, 2.05) is 35.0 Å². The summed E-state index contributed by atoms with van der Waals surface area (Å²) in [7, 11) is 1.61. The van der Waals surface area contributed by atoms with E-state index in [4.69, 9.17) is 9.90 Å². The zero-order valence-corrected chi connectivity index (χ0v) is 17.4. The summed E-state index contributed by atoms with van der Waals surface area (Å²) in [4.78, 5) is 39.9. The monoisotopic (exact) mass is 463 g/mol. The minimum absolute atomic E-state index is 0.0508. The Kier molecular flexibility index (Phi) is 6.95. The first-order valence-corrected chi connectivity index (χ1v) is 9.77. The van der Waals surface area contributed by atoms with Crippen molar-refractivity contribution >= 4 is 28.7 Å². The van der Waals surface area contributed by atoms with Gasteiger partial charge in [-0.3, -0.25) is 19.3 Å². The highest BCUT2D eigenvalue weighted by Crippen LogP contribution is 2.25. The Morgan fingerprint density at radius 1 is 1.18 bits per heavy atom. The summed E-state index contributed by atoms with van der Waals surface area (Å²) < 4.78 is 33.6. The number of nitrogens with one attached hydrogen (secondary N) is 1. The highest BCUT2D eigenvalue weighted by molar-refractivity contribution is 5.98. The van der Waals surface area contributed by atoms with Crippen LogP contribution in [0.2, 0.25) is 0 Å². The van der Waals surface area contributed by atoms with Gasteiger partial charge in [0, 0.05) is 36.9 Å². The van der Waals surface area contributed by atoms with E-state index in [0.29, 0.717) is 18.7 Å². The molecular formula is C21H20F3N5O4. The Morgan fingerprint density at radius 2 is 1.91 bits per heavy atom. The lowest BCUT2D eigenvalue weighted by Crippen LogP contribution is -2.42. The summed E-state index contributed by atoms with van der Waals surface area (Å²) in [5.41, 5.74) is 2.41. The van der Waals surface area contributed by atoms with Gasteiger partial charge in [0.1, 0.15) is 0 Å². The molecule has 1 aromatic carbocycles. The Hall–Kier alpha value is -3.96. The van der Waals surface area contributed by atoms with Crippen LogP contribution in [-0.4, -0.2) is 62.3 Å². The van der Waals surface area contributed by atoms with Crippen molar-refractivity contribution < 1.29 is 32.7 Å². The van der Waals surface area contributed by atoms with Gasteiger partial charge in [-0.2, -0.15) is 18.3 Å². The summed E-state index contributed by atoms with van der Waals surface area (Å²) in [6.07, 6.45) is -1.35. The zero-order chi connectivity index (χ0) is 24.2. The SMILES string of the molecule is CNC(=O)CC1CN(C(=O)c2ccc3ncccc3c2)Cc2ccnn21.O=C(O)C(F)(F)F. The first-order valence-electron chi connectivity index (χ1n) is 9.77. The summed E-state index contributed by atoms with van der Waals surface area (Å²) in [6.45, 7) is 0.931. The molecule has 2 aromatic heterocycles. The number of aliphatic carboxylic acids is 1. The number of carbonyl (C=O) groups is 3. The Balaban J connectivity index is 0.000000383. The number of alkyl halides is 3. The summed E-state index contributed by atoms with van der Waals surface area (Å²) in [5.74, 6) is -2.87. The van der Waals surface area contributed by atoms with Crippen LogP contribution in [0.4, 0.5) is 13.2 Å². The van der Waals surface area contributed by atoms with Gasteiger partial charge in [-0.25, -0.2) is 4.79 Å². The van der Waals surface area contributed by atoms with Crippen LogP contribution in [0.25, 0.3) is 10.9 Å². The molecule has 4 rings (SSSR count). The van der Waals surface area contributed by atoms with Gasteiger partial charge in [0.15, 0.2) is 0 Å². The van der Waals surface area contributed by atoms with Crippen molar-refractivity contribution in [2.75, 3.05) is 13.6 Å². The number of carbonyl (C=O) groups excluding carboxylic acids is 2. The molecule has 0 bridgehead atoms. The van der Waals surface area contributed by atoms with E-state index in [0.717, 1.165) is 16.6 Å². The molecule has 2 N–H and O–H groups in total. The van der Waals surface area contributed by atoms with E-state index >= 15 is 0 Å². The Labute approximate surface area is 185 Å². The number of carboxylic acids is 1. The second-order valence-corrected chi connectivity index (χ2v) is 7.20. The second-order valence-electron chi connectivity index (χ2n) is 7.20. The predicted octanol–water partition coefficient (Wildman–Crippen LogP) is 2.40. The molecule has 1 aliphatic heterocycles. The fraction of sp³-hybridized carbons (Fsp3) is 0.286. The minimum Gasteiger partial charge on any atom is -0.475 e. The number of fused-ring (bicyclic) bond motifs is 2. The van der Waals surface area contributed by atoms with Crippen molar-refractivity contribution in [2.24, 2.45) is 0 Å². The topological polar surface area (TPSA) is 117 Å². The van der Waals surface area contributed by atoms with E-state index < -0.39 is 12.1 Å². The third kappa shape index (κ3) is 5.64. The quantitative estimate of drug-likeness (QED) is 0.616. The van der Waals surface area contributed by atoms with Crippen LogP contribution in [-0.2, 0) is 16.1 Å². The highest BCUT2D eigenvalue weighted by Gasteiger charge is 2.38. The Morgan fingerprint density at radius 3 is 2.58 bits per heavy atom. The predicted molar refractivity (Wildman–Crippen MR) is 110 cm³/mol. The molecule has 12 heteroatoms. The molecular weight excluding hydrogens is 443 g/mol. The van der Waals surface area contributed by atoms with Gasteiger partial charge in [-0.15, -0.1) is 0 Å². The first kappa shape index (κ1) is 23.7. The molecule has 1 atom stereocenters. The van der Waals surface area contributed by atoms with Gasteiger partial charge >= 0.3 is 12.1 Å². The molecule has 1 aliphatic rings. The van der Waals surface area contributed by atoms with Gasteiger partial charge < -0.3 is 15.3 Å². The van der Waals surface area contributed by atoms with E-state index in [9.17, 15) is 22.8 Å². The normalized spacial score (nSPS) is 15.3. The van der Waals surface area contributed by atoms with Crippen molar-refractivity contribution in [1.82, 2.24) is 25.0 Å². The van der Waals surface area contributed by atoms with Crippen LogP contribution in [0.15, 0.2) is 48.8 Å². The molecule has 0 radical (unpaired) electrons. The zero-order valence-electron chi connectivity index (χ0n) is 17.4. The maximum absolute atomic E-state index is 13.1. The number of benzene rings is 1. The van der Waals surface area contributed by atoms with Crippen LogP contribution in [0.5, 0.6) is 0 Å². The van der Waals surface area contributed by atoms with E-state index in [2.05, 4.69) is 15.4 Å². The molecule has 9 nitrogen and oxygen atoms in total. The minimum atomic E-state index is -5.08. The van der Waals surface area contributed by atoms with Crippen molar-refractivity contribution in [3.05, 3.63) is 60.0 Å². The smallest absolute Gasteiger partial charge is 0.475 e. The van der Waals surface area contributed by atoms with Gasteiger partial charge in [-0.05, 0) is 30.3 Å². The van der Waals surface area contributed by atoms with Gasteiger partial charge in [-0.1, -0.05) is 6.07 Å². The summed E-state index contributed by atoms with van der Waals surface area (Å²) >= 11 is 0. The molecule has 1 unspecified atom stereocenters.